The van der Waals surface area contributed by atoms with E-state index >= 15 is 0 Å². The van der Waals surface area contributed by atoms with Gasteiger partial charge in [-0.05, 0) is 55.7 Å². The number of ether oxygens (including phenoxy) is 2. The molecule has 1 saturated carbocycles. The molecule has 2 aliphatic heterocycles. The smallest absolute Gasteiger partial charge is 0.225 e. The largest absolute Gasteiger partial charge is 0.377 e. The number of amides is 1. The number of carbonyl (C=O) groups excluding carboxylic acids is 1. The summed E-state index contributed by atoms with van der Waals surface area (Å²) < 4.78 is 12.2. The molecule has 0 bridgehead atoms. The first-order valence-corrected chi connectivity index (χ1v) is 10.0. The van der Waals surface area contributed by atoms with E-state index in [1.807, 2.05) is 12.1 Å². The molecule has 0 radical (unpaired) electrons. The molecule has 4 rings (SSSR count). The molecule has 5 heteroatoms. The lowest BCUT2D eigenvalue weighted by molar-refractivity contribution is -0.170. The molecule has 2 unspecified atom stereocenters. The van der Waals surface area contributed by atoms with Crippen molar-refractivity contribution in [2.75, 3.05) is 26.3 Å². The highest BCUT2D eigenvalue weighted by molar-refractivity contribution is 5.80. The Bertz CT molecular complexity index is 617. The van der Waals surface area contributed by atoms with Crippen molar-refractivity contribution < 1.29 is 14.3 Å². The van der Waals surface area contributed by atoms with E-state index in [4.69, 9.17) is 9.47 Å². The summed E-state index contributed by atoms with van der Waals surface area (Å²) in [5, 5.41) is 0. The van der Waals surface area contributed by atoms with Gasteiger partial charge in [0.25, 0.3) is 0 Å². The van der Waals surface area contributed by atoms with E-state index in [9.17, 15) is 4.79 Å². The van der Waals surface area contributed by atoms with E-state index < -0.39 is 0 Å². The van der Waals surface area contributed by atoms with Gasteiger partial charge in [-0.3, -0.25) is 9.78 Å². The van der Waals surface area contributed by atoms with Crippen molar-refractivity contribution in [1.82, 2.24) is 9.88 Å². The molecule has 2 saturated heterocycles. The molecule has 3 fully saturated rings. The first-order valence-electron chi connectivity index (χ1n) is 10.0. The number of piperidine rings is 1. The Hall–Kier alpha value is -1.46. The number of hydrogen-bond donors (Lipinski definition) is 0. The molecule has 2 atom stereocenters. The molecule has 0 N–H and O–H groups in total. The van der Waals surface area contributed by atoms with Crippen molar-refractivity contribution in [1.29, 1.82) is 0 Å². The Kier molecular flexibility index (Phi) is 5.28. The Morgan fingerprint density at radius 2 is 2.19 bits per heavy atom. The van der Waals surface area contributed by atoms with Gasteiger partial charge >= 0.3 is 0 Å². The van der Waals surface area contributed by atoms with Crippen LogP contribution < -0.4 is 0 Å². The van der Waals surface area contributed by atoms with Crippen LogP contribution in [0.25, 0.3) is 0 Å². The topological polar surface area (TPSA) is 51.7 Å². The molecule has 1 aromatic heterocycles. The Morgan fingerprint density at radius 1 is 1.38 bits per heavy atom. The highest BCUT2D eigenvalue weighted by Gasteiger charge is 2.48. The molecule has 1 amide bonds. The molecule has 0 spiro atoms. The molecule has 1 aliphatic carbocycles. The van der Waals surface area contributed by atoms with Crippen molar-refractivity contribution >= 4 is 5.91 Å². The molecular weight excluding hydrogens is 328 g/mol. The summed E-state index contributed by atoms with van der Waals surface area (Å²) in [6, 6.07) is 3.97. The first kappa shape index (κ1) is 17.9. The van der Waals surface area contributed by atoms with Gasteiger partial charge in [0.1, 0.15) is 0 Å². The number of nitrogens with zero attached hydrogens (tertiary/aromatic N) is 2. The second-order valence-corrected chi connectivity index (χ2v) is 8.50. The molecule has 1 aromatic rings. The number of fused-ring (bicyclic) bond motifs is 1. The molecule has 3 aliphatic rings. The van der Waals surface area contributed by atoms with Crippen LogP contribution in [0.1, 0.15) is 44.6 Å². The monoisotopic (exact) mass is 358 g/mol. The van der Waals surface area contributed by atoms with E-state index in [1.165, 1.54) is 0 Å². The van der Waals surface area contributed by atoms with Gasteiger partial charge in [0.05, 0.1) is 19.3 Å². The first-order chi connectivity index (χ1) is 12.7. The molecule has 0 aromatic carbocycles. The third kappa shape index (κ3) is 3.65. The van der Waals surface area contributed by atoms with Crippen LogP contribution in [0.3, 0.4) is 0 Å². The number of likely N-dealkylation sites (tertiary alicyclic amines) is 1. The van der Waals surface area contributed by atoms with Gasteiger partial charge in [0.2, 0.25) is 5.91 Å². The van der Waals surface area contributed by atoms with E-state index in [2.05, 4.69) is 16.8 Å². The number of hydrogen-bond acceptors (Lipinski definition) is 4. The highest BCUT2D eigenvalue weighted by Crippen LogP contribution is 2.42. The average Bonchev–Trinajstić information content (AvgIpc) is 2.65. The zero-order valence-corrected chi connectivity index (χ0v) is 15.7. The van der Waals surface area contributed by atoms with Crippen LogP contribution in [0.2, 0.25) is 0 Å². The predicted octanol–water partition coefficient (Wildman–Crippen LogP) is 3.04. The minimum Gasteiger partial charge on any atom is -0.377 e. The fourth-order valence-electron chi connectivity index (χ4n) is 4.90. The number of carbonyl (C=O) groups is 1. The standard InChI is InChI=1S/C21H30N2O3/c1-16-11-18(12-16)20(24)23-9-5-19-21(14-23,6-2-10-26-19)15-25-13-17-3-7-22-8-4-17/h3-4,7-8,16,18-19H,2,5-6,9-15H2,1H3. The van der Waals surface area contributed by atoms with Crippen LogP contribution in [0.5, 0.6) is 0 Å². The molecular formula is C21H30N2O3. The maximum Gasteiger partial charge on any atom is 0.225 e. The molecule has 142 valence electrons. The third-order valence-corrected chi connectivity index (χ3v) is 6.43. The SMILES string of the molecule is CC1CC(C(=O)N2CCC3OCCCC3(COCc3ccncc3)C2)C1. The summed E-state index contributed by atoms with van der Waals surface area (Å²) in [6.45, 7) is 5.94. The fourth-order valence-corrected chi connectivity index (χ4v) is 4.90. The number of pyridine rings is 1. The second-order valence-electron chi connectivity index (χ2n) is 8.50. The van der Waals surface area contributed by atoms with Crippen LogP contribution in [-0.4, -0.2) is 48.2 Å². The fraction of sp³-hybridized carbons (Fsp3) is 0.714. The number of rotatable bonds is 5. The summed E-state index contributed by atoms with van der Waals surface area (Å²) in [5.74, 6) is 1.32. The third-order valence-electron chi connectivity index (χ3n) is 6.43. The average molecular weight is 358 g/mol. The van der Waals surface area contributed by atoms with E-state index in [-0.39, 0.29) is 17.4 Å². The van der Waals surface area contributed by atoms with Gasteiger partial charge in [0, 0.05) is 43.4 Å². The lowest BCUT2D eigenvalue weighted by Gasteiger charge is -2.51. The Morgan fingerprint density at radius 3 is 2.96 bits per heavy atom. The summed E-state index contributed by atoms with van der Waals surface area (Å²) in [4.78, 5) is 19.0. The molecule has 5 nitrogen and oxygen atoms in total. The van der Waals surface area contributed by atoms with Crippen LogP contribution in [0.15, 0.2) is 24.5 Å². The normalized spacial score (nSPS) is 34.0. The quantitative estimate of drug-likeness (QED) is 0.812. The summed E-state index contributed by atoms with van der Waals surface area (Å²) >= 11 is 0. The van der Waals surface area contributed by atoms with Crippen molar-refractivity contribution in [2.45, 2.75) is 51.7 Å². The molecule has 3 heterocycles. The lowest BCUT2D eigenvalue weighted by Crippen LogP contribution is -2.59. The summed E-state index contributed by atoms with van der Waals surface area (Å²) in [5.41, 5.74) is 1.09. The van der Waals surface area contributed by atoms with Crippen molar-refractivity contribution in [2.24, 2.45) is 17.3 Å². The maximum atomic E-state index is 12.9. The zero-order chi connectivity index (χ0) is 18.0. The van der Waals surface area contributed by atoms with E-state index in [0.29, 0.717) is 25.0 Å². The maximum absolute atomic E-state index is 12.9. The predicted molar refractivity (Wildman–Crippen MR) is 98.4 cm³/mol. The van der Waals surface area contributed by atoms with Crippen molar-refractivity contribution in [3.63, 3.8) is 0 Å². The lowest BCUT2D eigenvalue weighted by atomic mass is 9.71. The van der Waals surface area contributed by atoms with Crippen molar-refractivity contribution in [3.8, 4) is 0 Å². The summed E-state index contributed by atoms with van der Waals surface area (Å²) in [7, 11) is 0. The van der Waals surface area contributed by atoms with Gasteiger partial charge in [0.15, 0.2) is 0 Å². The second kappa shape index (κ2) is 7.65. The number of aromatic nitrogens is 1. The van der Waals surface area contributed by atoms with Gasteiger partial charge in [-0.15, -0.1) is 0 Å². The minimum absolute atomic E-state index is 0.0471. The van der Waals surface area contributed by atoms with Gasteiger partial charge in [-0.25, -0.2) is 0 Å². The molecule has 26 heavy (non-hydrogen) atoms. The zero-order valence-electron chi connectivity index (χ0n) is 15.7. The van der Waals surface area contributed by atoms with Gasteiger partial charge in [-0.1, -0.05) is 6.92 Å². The van der Waals surface area contributed by atoms with E-state index in [1.54, 1.807) is 12.4 Å². The highest BCUT2D eigenvalue weighted by atomic mass is 16.5. The van der Waals surface area contributed by atoms with Crippen LogP contribution in [-0.2, 0) is 20.9 Å². The van der Waals surface area contributed by atoms with Gasteiger partial charge in [-0.2, -0.15) is 0 Å². The Balaban J connectivity index is 1.40. The van der Waals surface area contributed by atoms with E-state index in [0.717, 1.165) is 57.4 Å². The van der Waals surface area contributed by atoms with Crippen molar-refractivity contribution in [3.05, 3.63) is 30.1 Å². The van der Waals surface area contributed by atoms with Crippen LogP contribution in [0.4, 0.5) is 0 Å². The summed E-state index contributed by atoms with van der Waals surface area (Å²) in [6.07, 6.45) is 9.00. The Labute approximate surface area is 156 Å². The minimum atomic E-state index is -0.0471. The van der Waals surface area contributed by atoms with Crippen LogP contribution >= 0.6 is 0 Å². The van der Waals surface area contributed by atoms with Crippen LogP contribution in [0, 0.1) is 17.3 Å². The van der Waals surface area contributed by atoms with Gasteiger partial charge < -0.3 is 14.4 Å².